The second-order valence-corrected chi connectivity index (χ2v) is 8.99. The molecule has 162 valence electrons. The first-order valence-electron chi connectivity index (χ1n) is 8.89. The maximum absolute atomic E-state index is 12.9. The van der Waals surface area contributed by atoms with E-state index in [4.69, 9.17) is 16.3 Å². The minimum atomic E-state index is -4.57. The van der Waals surface area contributed by atoms with E-state index in [0.717, 1.165) is 18.2 Å². The average Bonchev–Trinajstić information content (AvgIpc) is 2.69. The zero-order chi connectivity index (χ0) is 21.9. The Balaban J connectivity index is 1.70. The van der Waals surface area contributed by atoms with Crippen molar-refractivity contribution in [2.45, 2.75) is 11.9 Å². The van der Waals surface area contributed by atoms with Crippen LogP contribution in [0, 0.1) is 0 Å². The van der Waals surface area contributed by atoms with Crippen LogP contribution >= 0.6 is 11.6 Å². The smallest absolute Gasteiger partial charge is 0.379 e. The van der Waals surface area contributed by atoms with Gasteiger partial charge in [-0.1, -0.05) is 23.7 Å². The molecule has 0 radical (unpaired) electrons. The summed E-state index contributed by atoms with van der Waals surface area (Å²) in [5.74, 6) is -0.896. The van der Waals surface area contributed by atoms with Crippen LogP contribution in [0.5, 0.6) is 0 Å². The molecule has 0 atom stereocenters. The summed E-state index contributed by atoms with van der Waals surface area (Å²) in [7, 11) is -3.51. The first kappa shape index (κ1) is 22.5. The molecule has 0 aliphatic carbocycles. The Morgan fingerprint density at radius 2 is 1.73 bits per heavy atom. The van der Waals surface area contributed by atoms with Crippen molar-refractivity contribution in [2.24, 2.45) is 0 Å². The molecule has 1 aliphatic rings. The molecule has 1 N–H and O–H groups in total. The normalized spacial score (nSPS) is 15.7. The monoisotopic (exact) mass is 462 g/mol. The van der Waals surface area contributed by atoms with Gasteiger partial charge in [-0.25, -0.2) is 8.42 Å². The van der Waals surface area contributed by atoms with Crippen LogP contribution in [-0.2, 0) is 26.7 Å². The van der Waals surface area contributed by atoms with E-state index in [9.17, 15) is 26.4 Å². The molecule has 1 fully saturated rings. The van der Waals surface area contributed by atoms with Gasteiger partial charge in [-0.3, -0.25) is 4.79 Å². The number of benzene rings is 2. The van der Waals surface area contributed by atoms with Crippen molar-refractivity contribution >= 4 is 33.2 Å². The third kappa shape index (κ3) is 5.51. The van der Waals surface area contributed by atoms with Crippen molar-refractivity contribution < 1.29 is 31.1 Å². The second-order valence-electron chi connectivity index (χ2n) is 6.61. The Kier molecular flexibility index (Phi) is 6.71. The van der Waals surface area contributed by atoms with Gasteiger partial charge < -0.3 is 10.1 Å². The molecule has 1 heterocycles. The van der Waals surface area contributed by atoms with E-state index in [0.29, 0.717) is 31.9 Å². The molecule has 1 saturated heterocycles. The highest BCUT2D eigenvalue weighted by atomic mass is 35.5. The summed E-state index contributed by atoms with van der Waals surface area (Å²) < 4.78 is 70.0. The van der Waals surface area contributed by atoms with Crippen molar-refractivity contribution in [1.82, 2.24) is 4.31 Å². The van der Waals surface area contributed by atoms with Gasteiger partial charge in [0, 0.05) is 18.7 Å². The van der Waals surface area contributed by atoms with E-state index in [-0.39, 0.29) is 22.0 Å². The number of nitrogens with one attached hydrogen (secondary N) is 1. The molecule has 2 aromatic carbocycles. The first-order chi connectivity index (χ1) is 14.1. The predicted molar refractivity (Wildman–Crippen MR) is 106 cm³/mol. The number of alkyl halides is 3. The van der Waals surface area contributed by atoms with Crippen LogP contribution in [0.2, 0.25) is 5.02 Å². The molecule has 0 bridgehead atoms. The molecule has 6 nitrogen and oxygen atoms in total. The molecule has 1 aliphatic heterocycles. The fraction of sp³-hybridized carbons (Fsp3) is 0.316. The molecule has 3 rings (SSSR count). The maximum atomic E-state index is 12.9. The number of halogens is 4. The van der Waals surface area contributed by atoms with Crippen molar-refractivity contribution in [3.8, 4) is 0 Å². The van der Waals surface area contributed by atoms with Crippen molar-refractivity contribution in [3.63, 3.8) is 0 Å². The van der Waals surface area contributed by atoms with Gasteiger partial charge in [0.05, 0.1) is 35.2 Å². The van der Waals surface area contributed by atoms with Crippen molar-refractivity contribution in [2.75, 3.05) is 31.6 Å². The third-order valence-electron chi connectivity index (χ3n) is 4.47. The van der Waals surface area contributed by atoms with E-state index in [1.54, 1.807) is 0 Å². The number of nitrogens with zero attached hydrogens (tertiary/aromatic N) is 1. The number of morpholine rings is 1. The first-order valence-corrected chi connectivity index (χ1v) is 10.9. The summed E-state index contributed by atoms with van der Waals surface area (Å²) in [4.78, 5) is 12.4. The van der Waals surface area contributed by atoms with E-state index in [1.165, 1.54) is 28.6 Å². The largest absolute Gasteiger partial charge is 0.416 e. The van der Waals surface area contributed by atoms with E-state index in [2.05, 4.69) is 5.32 Å². The van der Waals surface area contributed by atoms with E-state index < -0.39 is 27.7 Å². The Labute approximate surface area is 176 Å². The Hall–Kier alpha value is -2.14. The lowest BCUT2D eigenvalue weighted by Gasteiger charge is -2.26. The Bertz CT molecular complexity index is 1020. The summed E-state index contributed by atoms with van der Waals surface area (Å²) in [6.45, 7) is 1.27. The third-order valence-corrected chi connectivity index (χ3v) is 6.65. The highest BCUT2D eigenvalue weighted by Crippen LogP contribution is 2.34. The number of rotatable bonds is 5. The minimum Gasteiger partial charge on any atom is -0.379 e. The standard InChI is InChI=1S/C19H18ClF3N2O4S/c20-16-6-5-15(19(21,22)23)11-17(16)24-18(26)14-3-1-13(2-4-14)12-30(27,28)25-7-9-29-10-8-25/h1-6,11H,7-10,12H2,(H,24,26). The molecule has 2 aromatic rings. The lowest BCUT2D eigenvalue weighted by molar-refractivity contribution is -0.137. The lowest BCUT2D eigenvalue weighted by Crippen LogP contribution is -2.41. The minimum absolute atomic E-state index is 0.0374. The topological polar surface area (TPSA) is 75.7 Å². The number of hydrogen-bond donors (Lipinski definition) is 1. The van der Waals surface area contributed by atoms with Gasteiger partial charge in [-0.05, 0) is 35.9 Å². The quantitative estimate of drug-likeness (QED) is 0.734. The van der Waals surface area contributed by atoms with Crippen molar-refractivity contribution in [3.05, 3.63) is 64.2 Å². The zero-order valence-electron chi connectivity index (χ0n) is 15.6. The van der Waals surface area contributed by atoms with Gasteiger partial charge in [0.2, 0.25) is 10.0 Å². The van der Waals surface area contributed by atoms with Gasteiger partial charge in [-0.15, -0.1) is 0 Å². The highest BCUT2D eigenvalue weighted by molar-refractivity contribution is 7.88. The van der Waals surface area contributed by atoms with Crippen LogP contribution < -0.4 is 5.32 Å². The van der Waals surface area contributed by atoms with E-state index >= 15 is 0 Å². The second kappa shape index (κ2) is 8.93. The van der Waals surface area contributed by atoms with Crippen LogP contribution in [0.25, 0.3) is 0 Å². The lowest BCUT2D eigenvalue weighted by atomic mass is 10.1. The summed E-state index contributed by atoms with van der Waals surface area (Å²) in [6.07, 6.45) is -4.57. The van der Waals surface area contributed by atoms with Crippen LogP contribution in [0.4, 0.5) is 18.9 Å². The number of amides is 1. The predicted octanol–water partition coefficient (Wildman–Crippen LogP) is 3.77. The van der Waals surface area contributed by atoms with Crippen LogP contribution in [-0.4, -0.2) is 44.9 Å². The van der Waals surface area contributed by atoms with Gasteiger partial charge in [0.15, 0.2) is 0 Å². The Morgan fingerprint density at radius 3 is 2.33 bits per heavy atom. The molecule has 0 saturated carbocycles. The molecule has 0 spiro atoms. The summed E-state index contributed by atoms with van der Waals surface area (Å²) in [5.41, 5.74) is -0.479. The van der Waals surface area contributed by atoms with Crippen LogP contribution in [0.3, 0.4) is 0 Å². The van der Waals surface area contributed by atoms with Crippen LogP contribution in [0.1, 0.15) is 21.5 Å². The Morgan fingerprint density at radius 1 is 1.10 bits per heavy atom. The number of hydrogen-bond acceptors (Lipinski definition) is 4. The average molecular weight is 463 g/mol. The molecule has 30 heavy (non-hydrogen) atoms. The van der Waals surface area contributed by atoms with Gasteiger partial charge in [-0.2, -0.15) is 17.5 Å². The molecule has 0 unspecified atom stereocenters. The number of carbonyl (C=O) groups excluding carboxylic acids is 1. The number of carbonyl (C=O) groups is 1. The molecule has 11 heteroatoms. The van der Waals surface area contributed by atoms with E-state index in [1.807, 2.05) is 0 Å². The van der Waals surface area contributed by atoms with Gasteiger partial charge in [0.1, 0.15) is 0 Å². The summed E-state index contributed by atoms with van der Waals surface area (Å²) in [5, 5.41) is 2.31. The van der Waals surface area contributed by atoms with Gasteiger partial charge in [0.25, 0.3) is 5.91 Å². The molecular weight excluding hydrogens is 445 g/mol. The maximum Gasteiger partial charge on any atom is 0.416 e. The summed E-state index contributed by atoms with van der Waals surface area (Å²) >= 11 is 5.89. The fourth-order valence-corrected chi connectivity index (χ4v) is 4.54. The molecule has 1 amide bonds. The summed E-state index contributed by atoms with van der Waals surface area (Å²) in [6, 6.07) is 8.41. The van der Waals surface area contributed by atoms with Gasteiger partial charge >= 0.3 is 6.18 Å². The fourth-order valence-electron chi connectivity index (χ4n) is 2.87. The molecular formula is C19H18ClF3N2O4S. The SMILES string of the molecule is O=C(Nc1cc(C(F)(F)F)ccc1Cl)c1ccc(CS(=O)(=O)N2CCOCC2)cc1. The van der Waals surface area contributed by atoms with Crippen LogP contribution in [0.15, 0.2) is 42.5 Å². The number of anilines is 1. The number of sulfonamides is 1. The molecule has 0 aromatic heterocycles. The zero-order valence-corrected chi connectivity index (χ0v) is 17.1. The highest BCUT2D eigenvalue weighted by Gasteiger charge is 2.31. The van der Waals surface area contributed by atoms with Crippen molar-refractivity contribution in [1.29, 1.82) is 0 Å². The number of ether oxygens (including phenoxy) is 1.